The van der Waals surface area contributed by atoms with Crippen LogP contribution in [0.3, 0.4) is 0 Å². The highest BCUT2D eigenvalue weighted by atomic mass is 32.1. The van der Waals surface area contributed by atoms with Gasteiger partial charge < -0.3 is 5.32 Å². The second-order valence-electron chi connectivity index (χ2n) is 4.51. The van der Waals surface area contributed by atoms with Gasteiger partial charge in [-0.2, -0.15) is 11.3 Å². The van der Waals surface area contributed by atoms with Crippen LogP contribution >= 0.6 is 11.3 Å². The molecule has 21 heavy (non-hydrogen) atoms. The van der Waals surface area contributed by atoms with Crippen LogP contribution in [-0.4, -0.2) is 9.85 Å². The van der Waals surface area contributed by atoms with Gasteiger partial charge in [0.15, 0.2) is 0 Å². The zero-order chi connectivity index (χ0) is 15.4. The van der Waals surface area contributed by atoms with E-state index in [0.717, 1.165) is 11.6 Å². The number of nitrogens with zero attached hydrogens (tertiary/aromatic N) is 2. The van der Waals surface area contributed by atoms with Crippen LogP contribution in [-0.2, 0) is 13.1 Å². The molecule has 0 saturated heterocycles. The van der Waals surface area contributed by atoms with E-state index < -0.39 is 9.85 Å². The molecule has 1 aromatic carbocycles. The van der Waals surface area contributed by atoms with Crippen LogP contribution in [0.15, 0.2) is 29.0 Å². The molecule has 1 heterocycles. The van der Waals surface area contributed by atoms with Crippen LogP contribution < -0.4 is 5.32 Å². The van der Waals surface area contributed by atoms with Crippen molar-refractivity contribution in [2.75, 3.05) is 0 Å². The highest BCUT2D eigenvalue weighted by molar-refractivity contribution is 7.08. The van der Waals surface area contributed by atoms with E-state index >= 15 is 0 Å². The van der Waals surface area contributed by atoms with Crippen molar-refractivity contribution < 1.29 is 9.85 Å². The van der Waals surface area contributed by atoms with Crippen LogP contribution in [0.25, 0.3) is 0 Å². The molecular formula is C13H13N3O4S. The van der Waals surface area contributed by atoms with Gasteiger partial charge in [-0.15, -0.1) is 0 Å². The number of non-ortho nitro benzene ring substituents is 1. The van der Waals surface area contributed by atoms with E-state index in [9.17, 15) is 20.2 Å². The normalized spacial score (nSPS) is 10.5. The number of rotatable bonds is 6. The summed E-state index contributed by atoms with van der Waals surface area (Å²) >= 11 is 1.60. The fraction of sp³-hybridized carbons (Fsp3) is 0.231. The van der Waals surface area contributed by atoms with Crippen molar-refractivity contribution >= 4 is 22.7 Å². The van der Waals surface area contributed by atoms with Crippen LogP contribution in [0.2, 0.25) is 0 Å². The average molecular weight is 307 g/mol. The first-order valence-electron chi connectivity index (χ1n) is 6.13. The lowest BCUT2D eigenvalue weighted by Crippen LogP contribution is -2.14. The minimum atomic E-state index is -0.640. The molecule has 2 aromatic rings. The van der Waals surface area contributed by atoms with Crippen molar-refractivity contribution in [1.29, 1.82) is 0 Å². The number of nitro groups is 2. The number of nitrogens with one attached hydrogen (secondary N) is 1. The molecule has 0 fully saturated rings. The molecule has 0 atom stereocenters. The van der Waals surface area contributed by atoms with E-state index in [0.29, 0.717) is 12.1 Å². The molecule has 110 valence electrons. The standard InChI is InChI=1S/C13H13N3O4S/c1-9-7-21-8-11(9)6-14-5-10-2-3-12(15(17)18)4-13(10)16(19)20/h2-4,7-8,14H,5-6H2,1H3. The van der Waals surface area contributed by atoms with Gasteiger partial charge in [0.2, 0.25) is 0 Å². The number of hydrogen-bond donors (Lipinski definition) is 1. The Balaban J connectivity index is 2.10. The Kier molecular flexibility index (Phi) is 4.61. The van der Waals surface area contributed by atoms with Gasteiger partial charge in [0.25, 0.3) is 11.4 Å². The van der Waals surface area contributed by atoms with Crippen LogP contribution in [0.5, 0.6) is 0 Å². The van der Waals surface area contributed by atoms with E-state index in [2.05, 4.69) is 5.32 Å². The maximum Gasteiger partial charge on any atom is 0.280 e. The van der Waals surface area contributed by atoms with Crippen LogP contribution in [0.1, 0.15) is 16.7 Å². The maximum atomic E-state index is 11.0. The lowest BCUT2D eigenvalue weighted by atomic mass is 10.1. The lowest BCUT2D eigenvalue weighted by Gasteiger charge is -2.05. The monoisotopic (exact) mass is 307 g/mol. The van der Waals surface area contributed by atoms with Crippen LogP contribution in [0, 0.1) is 27.2 Å². The summed E-state index contributed by atoms with van der Waals surface area (Å²) in [5, 5.41) is 28.8. The molecule has 0 spiro atoms. The first-order chi connectivity index (χ1) is 9.99. The molecule has 1 N–H and O–H groups in total. The number of aryl methyl sites for hydroxylation is 1. The summed E-state index contributed by atoms with van der Waals surface area (Å²) in [6.07, 6.45) is 0. The van der Waals surface area contributed by atoms with Crippen LogP contribution in [0.4, 0.5) is 11.4 Å². The summed E-state index contributed by atoms with van der Waals surface area (Å²) in [6, 6.07) is 3.69. The molecule has 0 aliphatic carbocycles. The Morgan fingerprint density at radius 3 is 2.38 bits per heavy atom. The molecule has 2 rings (SSSR count). The average Bonchev–Trinajstić information content (AvgIpc) is 2.84. The van der Waals surface area contributed by atoms with Crippen molar-refractivity contribution in [3.05, 3.63) is 65.9 Å². The summed E-state index contributed by atoms with van der Waals surface area (Å²) in [5.74, 6) is 0. The third-order valence-corrected chi connectivity index (χ3v) is 3.98. The fourth-order valence-electron chi connectivity index (χ4n) is 1.89. The van der Waals surface area contributed by atoms with Crippen molar-refractivity contribution in [2.24, 2.45) is 0 Å². The first kappa shape index (κ1) is 15.1. The van der Waals surface area contributed by atoms with Gasteiger partial charge >= 0.3 is 0 Å². The molecule has 0 unspecified atom stereocenters. The molecule has 0 aliphatic rings. The van der Waals surface area contributed by atoms with Gasteiger partial charge in [-0.25, -0.2) is 0 Å². The smallest absolute Gasteiger partial charge is 0.280 e. The third kappa shape index (κ3) is 3.61. The van der Waals surface area contributed by atoms with Crippen molar-refractivity contribution in [3.63, 3.8) is 0 Å². The number of nitro benzene ring substituents is 2. The van der Waals surface area contributed by atoms with E-state index in [-0.39, 0.29) is 17.9 Å². The molecular weight excluding hydrogens is 294 g/mol. The number of thiophene rings is 1. The van der Waals surface area contributed by atoms with Gasteiger partial charge in [-0.05, 0) is 34.9 Å². The summed E-state index contributed by atoms with van der Waals surface area (Å²) in [4.78, 5) is 20.4. The highest BCUT2D eigenvalue weighted by Crippen LogP contribution is 2.24. The topological polar surface area (TPSA) is 98.3 Å². The largest absolute Gasteiger partial charge is 0.308 e. The number of hydrogen-bond acceptors (Lipinski definition) is 6. The zero-order valence-corrected chi connectivity index (χ0v) is 12.1. The van der Waals surface area contributed by atoms with Gasteiger partial charge in [-0.3, -0.25) is 20.2 Å². The van der Waals surface area contributed by atoms with Gasteiger partial charge in [-0.1, -0.05) is 0 Å². The minimum absolute atomic E-state index is 0.237. The van der Waals surface area contributed by atoms with Gasteiger partial charge in [0, 0.05) is 24.7 Å². The van der Waals surface area contributed by atoms with E-state index in [4.69, 9.17) is 0 Å². The Hall–Kier alpha value is -2.32. The first-order valence-corrected chi connectivity index (χ1v) is 7.07. The quantitative estimate of drug-likeness (QED) is 0.653. The Morgan fingerprint density at radius 2 is 1.81 bits per heavy atom. The summed E-state index contributed by atoms with van der Waals surface area (Å²) < 4.78 is 0. The van der Waals surface area contributed by atoms with Crippen molar-refractivity contribution in [3.8, 4) is 0 Å². The van der Waals surface area contributed by atoms with Crippen molar-refractivity contribution in [1.82, 2.24) is 5.32 Å². The van der Waals surface area contributed by atoms with Crippen molar-refractivity contribution in [2.45, 2.75) is 20.0 Å². The second kappa shape index (κ2) is 6.42. The molecule has 7 nitrogen and oxygen atoms in total. The van der Waals surface area contributed by atoms with Gasteiger partial charge in [0.05, 0.1) is 15.9 Å². The Bertz CT molecular complexity index is 684. The summed E-state index contributed by atoms with van der Waals surface area (Å²) in [6.45, 7) is 2.88. The number of benzene rings is 1. The highest BCUT2D eigenvalue weighted by Gasteiger charge is 2.18. The molecule has 0 radical (unpaired) electrons. The lowest BCUT2D eigenvalue weighted by molar-refractivity contribution is -0.394. The SMILES string of the molecule is Cc1cscc1CNCc1ccc([N+](=O)[O-])cc1[N+](=O)[O-]. The third-order valence-electron chi connectivity index (χ3n) is 3.07. The molecule has 0 amide bonds. The summed E-state index contributed by atoms with van der Waals surface area (Å²) in [7, 11) is 0. The fourth-order valence-corrected chi connectivity index (χ4v) is 2.74. The molecule has 1 aromatic heterocycles. The molecule has 8 heteroatoms. The molecule has 0 saturated carbocycles. The van der Waals surface area contributed by atoms with Gasteiger partial charge in [0.1, 0.15) is 0 Å². The zero-order valence-electron chi connectivity index (χ0n) is 11.2. The second-order valence-corrected chi connectivity index (χ2v) is 5.25. The minimum Gasteiger partial charge on any atom is -0.308 e. The maximum absolute atomic E-state index is 11.0. The molecule has 0 aliphatic heterocycles. The van der Waals surface area contributed by atoms with E-state index in [1.807, 2.05) is 17.7 Å². The summed E-state index contributed by atoms with van der Waals surface area (Å²) in [5.41, 5.74) is 2.23. The molecule has 0 bridgehead atoms. The predicted octanol–water partition coefficient (Wildman–Crippen LogP) is 3.16. The van der Waals surface area contributed by atoms with E-state index in [1.165, 1.54) is 17.7 Å². The van der Waals surface area contributed by atoms with E-state index in [1.54, 1.807) is 11.3 Å². The Labute approximate surface area is 124 Å². The predicted molar refractivity (Wildman–Crippen MR) is 79.4 cm³/mol. The Morgan fingerprint density at radius 1 is 1.10 bits per heavy atom.